The van der Waals surface area contributed by atoms with Gasteiger partial charge in [-0.3, -0.25) is 0 Å². The minimum atomic E-state index is 0.491. The lowest BCUT2D eigenvalue weighted by Gasteiger charge is -2.10. The molecule has 2 N–H and O–H groups in total. The van der Waals surface area contributed by atoms with E-state index in [1.807, 2.05) is 24.3 Å². The lowest BCUT2D eigenvalue weighted by Crippen LogP contribution is -2.07. The molecule has 0 saturated carbocycles. The lowest BCUT2D eigenvalue weighted by molar-refractivity contribution is 0.414. The highest BCUT2D eigenvalue weighted by Crippen LogP contribution is 2.28. The van der Waals surface area contributed by atoms with Crippen LogP contribution in [0.5, 0.6) is 11.5 Å². The Morgan fingerprint density at radius 1 is 1.00 bits per heavy atom. The number of anilines is 3. The minimum Gasteiger partial charge on any atom is -0.497 e. The molecule has 0 aliphatic rings. The Morgan fingerprint density at radius 3 is 2.52 bits per heavy atom. The number of rotatable bonds is 8. The molecular weight excluding hydrogens is 364 g/mol. The average molecular weight is 385 g/mol. The van der Waals surface area contributed by atoms with Crippen LogP contribution in [0.25, 0.3) is 0 Å². The molecule has 140 valence electrons. The third-order valence-corrected chi connectivity index (χ3v) is 4.24. The van der Waals surface area contributed by atoms with Gasteiger partial charge in [0.1, 0.15) is 17.3 Å². The first-order valence-electron chi connectivity index (χ1n) is 8.48. The molecule has 7 heteroatoms. The Labute approximate surface area is 163 Å². The number of methoxy groups -OCH3 is 2. The maximum absolute atomic E-state index is 6.15. The average Bonchev–Trinajstić information content (AvgIpc) is 2.69. The van der Waals surface area contributed by atoms with Gasteiger partial charge in [-0.05, 0) is 48.4 Å². The summed E-state index contributed by atoms with van der Waals surface area (Å²) in [5, 5.41) is 6.97. The molecule has 3 aromatic rings. The monoisotopic (exact) mass is 384 g/mol. The van der Waals surface area contributed by atoms with Crippen molar-refractivity contribution >= 4 is 29.1 Å². The molecule has 0 spiro atoms. The van der Waals surface area contributed by atoms with E-state index < -0.39 is 0 Å². The number of nitrogens with zero attached hydrogens (tertiary/aromatic N) is 2. The van der Waals surface area contributed by atoms with Crippen molar-refractivity contribution in [2.45, 2.75) is 6.42 Å². The van der Waals surface area contributed by atoms with Crippen LogP contribution in [0.2, 0.25) is 5.02 Å². The van der Waals surface area contributed by atoms with E-state index in [9.17, 15) is 0 Å². The number of halogens is 1. The first kappa shape index (κ1) is 18.8. The summed E-state index contributed by atoms with van der Waals surface area (Å²) in [4.78, 5) is 8.71. The molecular formula is C20H21ClN4O2. The molecule has 27 heavy (non-hydrogen) atoms. The standard InChI is InChI=1S/C20H21ClN4O2/c1-26-16-6-3-14(4-7-16)9-11-22-19-10-12-23-20(25-19)24-15-5-8-18(27-2)17(21)13-15/h3-8,10,12-13H,9,11H2,1-2H3,(H2,22,23,24,25). The third kappa shape index (κ3) is 5.24. The summed E-state index contributed by atoms with van der Waals surface area (Å²) < 4.78 is 10.3. The predicted molar refractivity (Wildman–Crippen MR) is 109 cm³/mol. The van der Waals surface area contributed by atoms with Crippen LogP contribution in [0, 0.1) is 0 Å². The van der Waals surface area contributed by atoms with Crippen LogP contribution in [0.4, 0.5) is 17.5 Å². The number of hydrogen-bond acceptors (Lipinski definition) is 6. The van der Waals surface area contributed by atoms with Crippen molar-refractivity contribution in [3.63, 3.8) is 0 Å². The summed E-state index contributed by atoms with van der Waals surface area (Å²) in [7, 11) is 3.25. The van der Waals surface area contributed by atoms with Gasteiger partial charge in [-0.2, -0.15) is 4.98 Å². The summed E-state index contributed by atoms with van der Waals surface area (Å²) in [6.07, 6.45) is 2.58. The van der Waals surface area contributed by atoms with Gasteiger partial charge in [0.05, 0.1) is 19.2 Å². The van der Waals surface area contributed by atoms with Crippen LogP contribution in [0.3, 0.4) is 0 Å². The van der Waals surface area contributed by atoms with Crippen molar-refractivity contribution in [3.05, 3.63) is 65.3 Å². The van der Waals surface area contributed by atoms with Gasteiger partial charge in [-0.25, -0.2) is 4.98 Å². The second-order valence-electron chi connectivity index (χ2n) is 5.76. The first-order valence-corrected chi connectivity index (χ1v) is 8.86. The summed E-state index contributed by atoms with van der Waals surface area (Å²) in [5.74, 6) is 2.72. The van der Waals surface area contributed by atoms with Gasteiger partial charge in [-0.15, -0.1) is 0 Å². The van der Waals surface area contributed by atoms with E-state index in [1.54, 1.807) is 32.5 Å². The van der Waals surface area contributed by atoms with Crippen LogP contribution < -0.4 is 20.1 Å². The SMILES string of the molecule is COc1ccc(CCNc2ccnc(Nc3ccc(OC)c(Cl)c3)n2)cc1. The highest BCUT2D eigenvalue weighted by atomic mass is 35.5. The normalized spacial score (nSPS) is 10.3. The van der Waals surface area contributed by atoms with Crippen molar-refractivity contribution in [3.8, 4) is 11.5 Å². The van der Waals surface area contributed by atoms with Crippen LogP contribution in [0.1, 0.15) is 5.56 Å². The molecule has 0 saturated heterocycles. The number of benzene rings is 2. The molecule has 0 atom stereocenters. The zero-order valence-electron chi connectivity index (χ0n) is 15.2. The number of nitrogens with one attached hydrogen (secondary N) is 2. The zero-order chi connectivity index (χ0) is 19.1. The Balaban J connectivity index is 1.57. The molecule has 1 heterocycles. The summed E-state index contributed by atoms with van der Waals surface area (Å²) >= 11 is 6.15. The van der Waals surface area contributed by atoms with E-state index in [1.165, 1.54) is 5.56 Å². The van der Waals surface area contributed by atoms with E-state index in [4.69, 9.17) is 21.1 Å². The zero-order valence-corrected chi connectivity index (χ0v) is 16.0. The second kappa shape index (κ2) is 9.09. The van der Waals surface area contributed by atoms with Crippen molar-refractivity contribution < 1.29 is 9.47 Å². The van der Waals surface area contributed by atoms with Gasteiger partial charge in [0.25, 0.3) is 0 Å². The van der Waals surface area contributed by atoms with Crippen LogP contribution in [0.15, 0.2) is 54.7 Å². The van der Waals surface area contributed by atoms with E-state index in [0.29, 0.717) is 16.7 Å². The molecule has 0 aliphatic carbocycles. The Bertz CT molecular complexity index is 887. The van der Waals surface area contributed by atoms with E-state index in [2.05, 4.69) is 32.7 Å². The maximum Gasteiger partial charge on any atom is 0.229 e. The Kier molecular flexibility index (Phi) is 6.33. The number of ether oxygens (including phenoxy) is 2. The second-order valence-corrected chi connectivity index (χ2v) is 6.17. The molecule has 0 radical (unpaired) electrons. The third-order valence-electron chi connectivity index (χ3n) is 3.94. The fourth-order valence-electron chi connectivity index (χ4n) is 2.52. The molecule has 0 unspecified atom stereocenters. The molecule has 0 fully saturated rings. The molecule has 0 bridgehead atoms. The molecule has 1 aromatic heterocycles. The summed E-state index contributed by atoms with van der Waals surface area (Å²) in [5.41, 5.74) is 2.01. The van der Waals surface area contributed by atoms with Crippen LogP contribution in [-0.4, -0.2) is 30.7 Å². The molecule has 6 nitrogen and oxygen atoms in total. The van der Waals surface area contributed by atoms with Crippen molar-refractivity contribution in [2.75, 3.05) is 31.4 Å². The Morgan fingerprint density at radius 2 is 1.81 bits per heavy atom. The maximum atomic E-state index is 6.15. The van der Waals surface area contributed by atoms with Gasteiger partial charge < -0.3 is 20.1 Å². The molecule has 0 amide bonds. The topological polar surface area (TPSA) is 68.3 Å². The Hall–Kier alpha value is -2.99. The van der Waals surface area contributed by atoms with E-state index in [-0.39, 0.29) is 0 Å². The van der Waals surface area contributed by atoms with Gasteiger partial charge in [-0.1, -0.05) is 23.7 Å². The van der Waals surface area contributed by atoms with E-state index in [0.717, 1.165) is 30.2 Å². The van der Waals surface area contributed by atoms with Crippen molar-refractivity contribution in [1.82, 2.24) is 9.97 Å². The van der Waals surface area contributed by atoms with Gasteiger partial charge in [0.15, 0.2) is 0 Å². The quantitative estimate of drug-likeness (QED) is 0.594. The largest absolute Gasteiger partial charge is 0.497 e. The van der Waals surface area contributed by atoms with Crippen LogP contribution in [-0.2, 0) is 6.42 Å². The lowest BCUT2D eigenvalue weighted by atomic mass is 10.1. The fourth-order valence-corrected chi connectivity index (χ4v) is 2.78. The molecule has 0 aliphatic heterocycles. The van der Waals surface area contributed by atoms with Gasteiger partial charge >= 0.3 is 0 Å². The van der Waals surface area contributed by atoms with Crippen LogP contribution >= 0.6 is 11.6 Å². The minimum absolute atomic E-state index is 0.491. The summed E-state index contributed by atoms with van der Waals surface area (Å²) in [6.45, 7) is 0.761. The van der Waals surface area contributed by atoms with Crippen molar-refractivity contribution in [1.29, 1.82) is 0 Å². The smallest absolute Gasteiger partial charge is 0.229 e. The predicted octanol–water partition coefficient (Wildman–Crippen LogP) is 4.55. The number of hydrogen-bond donors (Lipinski definition) is 2. The number of aromatic nitrogens is 2. The highest BCUT2D eigenvalue weighted by Gasteiger charge is 2.04. The summed E-state index contributed by atoms with van der Waals surface area (Å²) in [6, 6.07) is 15.3. The first-order chi connectivity index (χ1) is 13.2. The van der Waals surface area contributed by atoms with Gasteiger partial charge in [0, 0.05) is 18.4 Å². The van der Waals surface area contributed by atoms with Gasteiger partial charge in [0.2, 0.25) is 5.95 Å². The highest BCUT2D eigenvalue weighted by molar-refractivity contribution is 6.32. The fraction of sp³-hybridized carbons (Fsp3) is 0.200. The molecule has 3 rings (SSSR count). The van der Waals surface area contributed by atoms with E-state index >= 15 is 0 Å². The van der Waals surface area contributed by atoms with Crippen molar-refractivity contribution in [2.24, 2.45) is 0 Å². The molecule has 2 aromatic carbocycles.